The average molecular weight is 545 g/mol. The molecule has 3 aliphatic heterocycles. The molecule has 1 aromatic heterocycles. The number of allylic oxidation sites excluding steroid dienone is 6. The maximum atomic E-state index is 8.41. The summed E-state index contributed by atoms with van der Waals surface area (Å²) in [6.07, 6.45) is 18.6. The monoisotopic (exact) mass is 543 g/mol. The Bertz CT molecular complexity index is 1690. The molecule has 3 aromatic rings. The molecule has 38 heavy (non-hydrogen) atoms. The Hall–Kier alpha value is -4.61. The SMILES string of the molecule is [NH-]C(C=[C-]c1cccc2c1Nc1ccccc1O2)=Cc1ccc(C=C2C=CC(C=C3C=CC([CH]=[Zn])=N3)=N2)[nH]1. The van der Waals surface area contributed by atoms with Crippen LogP contribution in [0, 0.1) is 6.08 Å². The maximum absolute atomic E-state index is 8.41. The first-order chi connectivity index (χ1) is 18.6. The van der Waals surface area contributed by atoms with Crippen LogP contribution in [-0.2, 0) is 17.9 Å². The van der Waals surface area contributed by atoms with E-state index in [1.807, 2.05) is 91.1 Å². The number of nitrogens with zero attached hydrogens (tertiary/aromatic N) is 2. The van der Waals surface area contributed by atoms with Crippen LogP contribution in [0.4, 0.5) is 11.4 Å². The molecule has 0 radical (unpaired) electrons. The predicted molar refractivity (Wildman–Crippen MR) is 152 cm³/mol. The van der Waals surface area contributed by atoms with E-state index in [4.69, 9.17) is 10.5 Å². The molecule has 4 heterocycles. The second-order valence-electron chi connectivity index (χ2n) is 8.74. The fraction of sp³-hybridized carbons (Fsp3) is 0. The van der Waals surface area contributed by atoms with Gasteiger partial charge in [0.05, 0.1) is 5.69 Å². The molecule has 7 heteroatoms. The summed E-state index contributed by atoms with van der Waals surface area (Å²) in [5, 5.41) is 3.42. The van der Waals surface area contributed by atoms with Crippen molar-refractivity contribution >= 4 is 39.6 Å². The minimum absolute atomic E-state index is 0.324. The van der Waals surface area contributed by atoms with E-state index in [1.54, 1.807) is 12.2 Å². The van der Waals surface area contributed by atoms with E-state index in [9.17, 15) is 0 Å². The van der Waals surface area contributed by atoms with Crippen LogP contribution >= 0.6 is 0 Å². The zero-order chi connectivity index (χ0) is 25.9. The molecule has 3 N–H and O–H groups in total. The van der Waals surface area contributed by atoms with Crippen LogP contribution in [0.3, 0.4) is 0 Å². The molecule has 2 aromatic carbocycles. The number of H-pyrrole nitrogens is 1. The van der Waals surface area contributed by atoms with E-state index < -0.39 is 0 Å². The van der Waals surface area contributed by atoms with Gasteiger partial charge < -0.3 is 15.8 Å². The molecule has 180 valence electrons. The number of nitrogens with one attached hydrogen (secondary N) is 3. The number of para-hydroxylation sites is 3. The summed E-state index contributed by atoms with van der Waals surface area (Å²) in [5.41, 5.74) is 16.7. The van der Waals surface area contributed by atoms with Crippen molar-refractivity contribution in [2.24, 2.45) is 9.98 Å². The van der Waals surface area contributed by atoms with Gasteiger partial charge in [-0.15, -0.1) is 23.8 Å². The van der Waals surface area contributed by atoms with Gasteiger partial charge in [0.1, 0.15) is 11.5 Å². The normalized spacial score (nSPS) is 17.9. The van der Waals surface area contributed by atoms with E-state index in [-0.39, 0.29) is 0 Å². The fourth-order valence-electron chi connectivity index (χ4n) is 4.19. The third-order valence-electron chi connectivity index (χ3n) is 5.99. The van der Waals surface area contributed by atoms with Crippen LogP contribution in [0.1, 0.15) is 17.0 Å². The van der Waals surface area contributed by atoms with Crippen molar-refractivity contribution in [3.63, 3.8) is 0 Å². The number of hydrogen-bond donors (Lipinski definition) is 2. The molecule has 0 atom stereocenters. The molecular weight excluding hydrogens is 524 g/mol. The number of aromatic nitrogens is 1. The molecule has 0 unspecified atom stereocenters. The minimum atomic E-state index is 0.324. The Morgan fingerprint density at radius 3 is 2.47 bits per heavy atom. The molecular formula is C31H21N5OZn-2. The van der Waals surface area contributed by atoms with E-state index in [2.05, 4.69) is 31.0 Å². The second-order valence-corrected chi connectivity index (χ2v) is 9.60. The zero-order valence-electron chi connectivity index (χ0n) is 20.4. The summed E-state index contributed by atoms with van der Waals surface area (Å²) >= 11 is 1.09. The van der Waals surface area contributed by atoms with E-state index in [1.165, 1.54) is 0 Å². The molecule has 0 saturated carbocycles. The van der Waals surface area contributed by atoms with Gasteiger partial charge in [-0.1, -0.05) is 18.2 Å². The van der Waals surface area contributed by atoms with Crippen LogP contribution < -0.4 is 10.1 Å². The van der Waals surface area contributed by atoms with Crippen LogP contribution in [0.15, 0.2) is 118 Å². The molecule has 0 spiro atoms. The summed E-state index contributed by atoms with van der Waals surface area (Å²) in [6, 6.07) is 17.5. The van der Waals surface area contributed by atoms with Crippen molar-refractivity contribution in [2.75, 3.05) is 5.32 Å². The summed E-state index contributed by atoms with van der Waals surface area (Å²) < 4.78 is 8.11. The number of ether oxygens (including phenoxy) is 1. The number of hydrogen-bond acceptors (Lipinski definition) is 4. The van der Waals surface area contributed by atoms with Crippen molar-refractivity contribution in [2.45, 2.75) is 0 Å². The summed E-state index contributed by atoms with van der Waals surface area (Å²) in [7, 11) is 0. The van der Waals surface area contributed by atoms with Crippen molar-refractivity contribution in [3.05, 3.63) is 137 Å². The summed E-state index contributed by atoms with van der Waals surface area (Å²) in [4.78, 5) is 12.5. The number of fused-ring (bicyclic) bond motifs is 2. The molecule has 6 nitrogen and oxygen atoms in total. The van der Waals surface area contributed by atoms with Gasteiger partial charge in [0, 0.05) is 5.69 Å². The van der Waals surface area contributed by atoms with Gasteiger partial charge in [-0.25, -0.2) is 5.70 Å². The molecule has 0 aliphatic carbocycles. The Labute approximate surface area is 230 Å². The van der Waals surface area contributed by atoms with Crippen molar-refractivity contribution in [1.82, 2.24) is 4.98 Å². The number of aromatic amines is 1. The molecule has 0 bridgehead atoms. The molecule has 3 aliphatic rings. The fourth-order valence-corrected chi connectivity index (χ4v) is 4.67. The van der Waals surface area contributed by atoms with Crippen molar-refractivity contribution in [1.29, 1.82) is 0 Å². The number of rotatable bonds is 6. The Morgan fingerprint density at radius 1 is 0.842 bits per heavy atom. The number of anilines is 2. The first-order valence-corrected chi connectivity index (χ1v) is 13.8. The summed E-state index contributed by atoms with van der Waals surface area (Å²) in [6.45, 7) is 0. The van der Waals surface area contributed by atoms with Crippen LogP contribution in [0.25, 0.3) is 17.9 Å². The van der Waals surface area contributed by atoms with Gasteiger partial charge in [-0.3, -0.25) is 0 Å². The molecule has 0 fully saturated rings. The Morgan fingerprint density at radius 2 is 1.61 bits per heavy atom. The van der Waals surface area contributed by atoms with Gasteiger partial charge in [0.25, 0.3) is 0 Å². The average Bonchev–Trinajstić information content (AvgIpc) is 3.68. The number of aliphatic imine (C=N–C) groups is 2. The number of benzene rings is 2. The third-order valence-corrected chi connectivity index (χ3v) is 6.87. The van der Waals surface area contributed by atoms with Gasteiger partial charge in [-0.2, -0.15) is 6.08 Å². The molecule has 0 amide bonds. The first kappa shape index (κ1) is 23.8. The second kappa shape index (κ2) is 10.4. The van der Waals surface area contributed by atoms with Gasteiger partial charge >= 0.3 is 120 Å². The zero-order valence-corrected chi connectivity index (χ0v) is 23.4. The van der Waals surface area contributed by atoms with Crippen molar-refractivity contribution < 1.29 is 22.6 Å². The quantitative estimate of drug-likeness (QED) is 0.152. The molecule has 0 saturated heterocycles. The van der Waals surface area contributed by atoms with Crippen LogP contribution in [-0.4, -0.2) is 21.0 Å². The van der Waals surface area contributed by atoms with Crippen LogP contribution in [0.5, 0.6) is 11.5 Å². The van der Waals surface area contributed by atoms with Crippen LogP contribution in [0.2, 0.25) is 0 Å². The van der Waals surface area contributed by atoms with Gasteiger partial charge in [0.15, 0.2) is 0 Å². The molecule has 6 rings (SSSR count). The van der Waals surface area contributed by atoms with E-state index >= 15 is 0 Å². The van der Waals surface area contributed by atoms with E-state index in [0.717, 1.165) is 80.5 Å². The predicted octanol–water partition coefficient (Wildman–Crippen LogP) is 7.26. The third kappa shape index (κ3) is 5.24. The van der Waals surface area contributed by atoms with Gasteiger partial charge in [-0.05, 0) is 18.2 Å². The first-order valence-electron chi connectivity index (χ1n) is 12.1. The van der Waals surface area contributed by atoms with E-state index in [0.29, 0.717) is 5.70 Å². The Kier molecular flexibility index (Phi) is 6.51. The Balaban J connectivity index is 1.14. The van der Waals surface area contributed by atoms with Gasteiger partial charge in [0.2, 0.25) is 0 Å². The standard InChI is InChI=1S/C31H21N5O.Zn/c1-20-9-12-24(33-20)18-25-15-16-27(35-25)19-26-14-13-23(34-26)17-22(32)11-10-21-5-4-8-30-31(21)36-28-6-2-3-7-29(28)37-30;/h1-9,11-19,32,34,36H;/q-2;. The topological polar surface area (TPSA) is 85.6 Å². The van der Waals surface area contributed by atoms with Crippen molar-refractivity contribution in [3.8, 4) is 11.5 Å². The summed E-state index contributed by atoms with van der Waals surface area (Å²) in [5.74, 6) is 1.53.